The van der Waals surface area contributed by atoms with Gasteiger partial charge in [-0.2, -0.15) is 0 Å². The first-order chi connectivity index (χ1) is 7.56. The average Bonchev–Trinajstić information content (AvgIpc) is 2.95. The van der Waals surface area contributed by atoms with Gasteiger partial charge in [-0.3, -0.25) is 0 Å². The van der Waals surface area contributed by atoms with Gasteiger partial charge in [-0.1, -0.05) is 12.1 Å². The summed E-state index contributed by atoms with van der Waals surface area (Å²) in [6, 6.07) is 5.46. The molecule has 0 spiro atoms. The fourth-order valence-corrected chi connectivity index (χ4v) is 2.05. The van der Waals surface area contributed by atoms with Gasteiger partial charge in [0.2, 0.25) is 0 Å². The first kappa shape index (κ1) is 11.4. The third-order valence-electron chi connectivity index (χ3n) is 3.12. The molecule has 0 heterocycles. The zero-order chi connectivity index (χ0) is 11.8. The zero-order valence-corrected chi connectivity index (χ0v) is 9.66. The first-order valence-corrected chi connectivity index (χ1v) is 5.58. The lowest BCUT2D eigenvalue weighted by Gasteiger charge is -2.16. The summed E-state index contributed by atoms with van der Waals surface area (Å²) >= 11 is 0. The number of alkyl halides is 1. The Morgan fingerprint density at radius 1 is 1.50 bits per heavy atom. The number of hydrogen-bond acceptors (Lipinski definition) is 2. The van der Waals surface area contributed by atoms with Crippen molar-refractivity contribution < 1.29 is 14.2 Å². The first-order valence-electron chi connectivity index (χ1n) is 5.58. The molecule has 0 bridgehead atoms. The van der Waals surface area contributed by atoms with Crippen LogP contribution in [0.2, 0.25) is 0 Å². The van der Waals surface area contributed by atoms with Crippen molar-refractivity contribution in [2.24, 2.45) is 0 Å². The van der Waals surface area contributed by atoms with Crippen molar-refractivity contribution in [2.75, 3.05) is 7.11 Å². The van der Waals surface area contributed by atoms with E-state index in [-0.39, 0.29) is 0 Å². The smallest absolute Gasteiger partial charge is 0.126 e. The molecule has 1 fully saturated rings. The van der Waals surface area contributed by atoms with Crippen molar-refractivity contribution in [3.8, 4) is 5.75 Å². The molecule has 0 aromatic heterocycles. The second kappa shape index (κ2) is 4.06. The van der Waals surface area contributed by atoms with E-state index in [2.05, 4.69) is 0 Å². The molecular weight excluding hydrogens is 207 g/mol. The van der Waals surface area contributed by atoms with Crippen LogP contribution in [-0.2, 0) is 6.42 Å². The van der Waals surface area contributed by atoms with Crippen LogP contribution in [0.1, 0.15) is 37.1 Å². The molecule has 1 N–H and O–H groups in total. The van der Waals surface area contributed by atoms with Gasteiger partial charge in [0.15, 0.2) is 0 Å². The van der Waals surface area contributed by atoms with E-state index in [0.717, 1.165) is 18.4 Å². The van der Waals surface area contributed by atoms with Crippen LogP contribution in [0.4, 0.5) is 4.39 Å². The molecule has 0 aliphatic heterocycles. The highest BCUT2D eigenvalue weighted by Crippen LogP contribution is 2.41. The summed E-state index contributed by atoms with van der Waals surface area (Å²) in [5, 5.41) is 9.89. The molecule has 1 saturated carbocycles. The van der Waals surface area contributed by atoms with Crippen LogP contribution >= 0.6 is 0 Å². The quantitative estimate of drug-likeness (QED) is 0.852. The van der Waals surface area contributed by atoms with Crippen LogP contribution in [0, 0.1) is 0 Å². The summed E-state index contributed by atoms with van der Waals surface area (Å²) in [5.74, 6) is 0.566. The summed E-state index contributed by atoms with van der Waals surface area (Å²) in [5.41, 5.74) is 0.829. The van der Waals surface area contributed by atoms with Crippen molar-refractivity contribution in [2.45, 2.75) is 38.0 Å². The van der Waals surface area contributed by atoms with Gasteiger partial charge in [0, 0.05) is 12.0 Å². The maximum Gasteiger partial charge on any atom is 0.126 e. The Labute approximate surface area is 95.1 Å². The minimum absolute atomic E-state index is 0.522. The largest absolute Gasteiger partial charge is 0.496 e. The standard InChI is InChI=1S/C13H17FO2/c1-9(14)12-10(8-13(15)6-7-13)4-3-5-11(12)16-2/h3-5,9,15H,6-8H2,1-2H3. The van der Waals surface area contributed by atoms with E-state index in [1.807, 2.05) is 12.1 Å². The molecule has 88 valence electrons. The normalized spacial score (nSPS) is 19.2. The van der Waals surface area contributed by atoms with Crippen LogP contribution in [0.25, 0.3) is 0 Å². The van der Waals surface area contributed by atoms with Crippen LogP contribution in [0.15, 0.2) is 18.2 Å². The predicted octanol–water partition coefficient (Wildman–Crippen LogP) is 2.79. The van der Waals surface area contributed by atoms with Gasteiger partial charge in [-0.25, -0.2) is 4.39 Å². The Bertz CT molecular complexity index is 384. The number of methoxy groups -OCH3 is 1. The molecule has 0 amide bonds. The molecule has 3 heteroatoms. The van der Waals surface area contributed by atoms with Crippen molar-refractivity contribution in [1.82, 2.24) is 0 Å². The summed E-state index contributed by atoms with van der Waals surface area (Å²) in [7, 11) is 1.54. The lowest BCUT2D eigenvalue weighted by atomic mass is 9.97. The molecule has 2 rings (SSSR count). The van der Waals surface area contributed by atoms with Gasteiger partial charge in [0.25, 0.3) is 0 Å². The number of halogens is 1. The lowest BCUT2D eigenvalue weighted by molar-refractivity contribution is 0.150. The summed E-state index contributed by atoms with van der Waals surface area (Å²) in [6.07, 6.45) is 1.07. The van der Waals surface area contributed by atoms with E-state index >= 15 is 0 Å². The van der Waals surface area contributed by atoms with Gasteiger partial charge in [0.1, 0.15) is 11.9 Å². The van der Waals surface area contributed by atoms with Gasteiger partial charge in [0.05, 0.1) is 12.7 Å². The Balaban J connectivity index is 2.35. The third kappa shape index (κ3) is 2.19. The molecule has 0 radical (unpaired) electrons. The fraction of sp³-hybridized carbons (Fsp3) is 0.538. The highest BCUT2D eigenvalue weighted by Gasteiger charge is 2.41. The van der Waals surface area contributed by atoms with Crippen LogP contribution in [-0.4, -0.2) is 17.8 Å². The van der Waals surface area contributed by atoms with Gasteiger partial charge in [-0.05, 0) is 31.4 Å². The maximum absolute atomic E-state index is 13.6. The Hall–Kier alpha value is -1.09. The third-order valence-corrected chi connectivity index (χ3v) is 3.12. The molecule has 1 aliphatic carbocycles. The SMILES string of the molecule is COc1cccc(CC2(O)CC2)c1C(C)F. The topological polar surface area (TPSA) is 29.5 Å². The second-order valence-electron chi connectivity index (χ2n) is 4.55. The summed E-state index contributed by atoms with van der Waals surface area (Å²) in [6.45, 7) is 1.50. The summed E-state index contributed by atoms with van der Waals surface area (Å²) in [4.78, 5) is 0. The number of rotatable bonds is 4. The van der Waals surface area contributed by atoms with Crippen LogP contribution < -0.4 is 4.74 Å². The van der Waals surface area contributed by atoms with Crippen molar-refractivity contribution in [3.05, 3.63) is 29.3 Å². The van der Waals surface area contributed by atoms with Crippen molar-refractivity contribution in [1.29, 1.82) is 0 Å². The molecule has 1 unspecified atom stereocenters. The molecule has 16 heavy (non-hydrogen) atoms. The van der Waals surface area contributed by atoms with E-state index in [1.54, 1.807) is 6.07 Å². The van der Waals surface area contributed by atoms with Crippen molar-refractivity contribution in [3.63, 3.8) is 0 Å². The average molecular weight is 224 g/mol. The van der Waals surface area contributed by atoms with E-state index in [0.29, 0.717) is 17.7 Å². The van der Waals surface area contributed by atoms with E-state index in [9.17, 15) is 9.50 Å². The fourth-order valence-electron chi connectivity index (χ4n) is 2.05. The monoisotopic (exact) mass is 224 g/mol. The molecular formula is C13H17FO2. The lowest BCUT2D eigenvalue weighted by Crippen LogP contribution is -2.13. The van der Waals surface area contributed by atoms with Crippen molar-refractivity contribution >= 4 is 0 Å². The van der Waals surface area contributed by atoms with E-state index in [1.165, 1.54) is 14.0 Å². The van der Waals surface area contributed by atoms with Gasteiger partial charge >= 0.3 is 0 Å². The maximum atomic E-state index is 13.6. The van der Waals surface area contributed by atoms with Gasteiger partial charge < -0.3 is 9.84 Å². The molecule has 1 atom stereocenters. The van der Waals surface area contributed by atoms with Gasteiger partial charge in [-0.15, -0.1) is 0 Å². The molecule has 2 nitrogen and oxygen atoms in total. The molecule has 1 aromatic rings. The van der Waals surface area contributed by atoms with Crippen LogP contribution in [0.5, 0.6) is 5.75 Å². The Morgan fingerprint density at radius 3 is 2.69 bits per heavy atom. The number of ether oxygens (including phenoxy) is 1. The minimum atomic E-state index is -1.08. The molecule has 1 aliphatic rings. The number of aliphatic hydroxyl groups is 1. The minimum Gasteiger partial charge on any atom is -0.496 e. The predicted molar refractivity (Wildman–Crippen MR) is 60.4 cm³/mol. The Morgan fingerprint density at radius 2 is 2.19 bits per heavy atom. The highest BCUT2D eigenvalue weighted by atomic mass is 19.1. The van der Waals surface area contributed by atoms with E-state index < -0.39 is 11.8 Å². The molecule has 1 aromatic carbocycles. The second-order valence-corrected chi connectivity index (χ2v) is 4.55. The highest BCUT2D eigenvalue weighted by molar-refractivity contribution is 5.42. The zero-order valence-electron chi connectivity index (χ0n) is 9.66. The summed E-state index contributed by atoms with van der Waals surface area (Å²) < 4.78 is 18.7. The number of benzene rings is 1. The Kier molecular flexibility index (Phi) is 2.89. The number of hydrogen-bond donors (Lipinski definition) is 1. The molecule has 0 saturated heterocycles. The van der Waals surface area contributed by atoms with Crippen LogP contribution in [0.3, 0.4) is 0 Å². The van der Waals surface area contributed by atoms with E-state index in [4.69, 9.17) is 4.74 Å².